The fourth-order valence-corrected chi connectivity index (χ4v) is 3.29. The molecule has 4 heteroatoms. The van der Waals surface area contributed by atoms with Crippen LogP contribution in [0.5, 0.6) is 0 Å². The van der Waals surface area contributed by atoms with Crippen LogP contribution in [0.2, 0.25) is 0 Å². The van der Waals surface area contributed by atoms with Gasteiger partial charge in [-0.15, -0.1) is 0 Å². The molecule has 1 saturated heterocycles. The first-order valence-electron chi connectivity index (χ1n) is 5.89. The summed E-state index contributed by atoms with van der Waals surface area (Å²) in [5.41, 5.74) is 7.95. The normalized spacial score (nSPS) is 23.1. The van der Waals surface area contributed by atoms with Crippen LogP contribution < -0.4 is 5.73 Å². The summed E-state index contributed by atoms with van der Waals surface area (Å²) in [5, 5.41) is 0.495. The van der Waals surface area contributed by atoms with Gasteiger partial charge in [-0.3, -0.25) is 0 Å². The van der Waals surface area contributed by atoms with Gasteiger partial charge in [0.25, 0.3) is 0 Å². The van der Waals surface area contributed by atoms with Crippen LogP contribution in [0, 0.1) is 6.92 Å². The molecule has 0 aromatic carbocycles. The lowest BCUT2D eigenvalue weighted by Crippen LogP contribution is -2.12. The molecular weight excluding hydrogens is 218 g/mol. The maximum atomic E-state index is 5.86. The third-order valence-corrected chi connectivity index (χ3v) is 4.37. The van der Waals surface area contributed by atoms with E-state index in [0.29, 0.717) is 5.25 Å². The Morgan fingerprint density at radius 3 is 2.88 bits per heavy atom. The smallest absolute Gasteiger partial charge is 0.141 e. The molecule has 1 aromatic heterocycles. The molecule has 1 fully saturated rings. The zero-order chi connectivity index (χ0) is 11.5. The van der Waals surface area contributed by atoms with E-state index in [1.807, 2.05) is 31.8 Å². The van der Waals surface area contributed by atoms with Crippen molar-refractivity contribution in [3.8, 4) is 0 Å². The maximum absolute atomic E-state index is 5.86. The molecule has 88 valence electrons. The Morgan fingerprint density at radius 1 is 1.50 bits per heavy atom. The van der Waals surface area contributed by atoms with Gasteiger partial charge in [0.05, 0.1) is 5.25 Å². The Balaban J connectivity index is 2.19. The second-order valence-electron chi connectivity index (χ2n) is 4.41. The Morgan fingerprint density at radius 2 is 2.31 bits per heavy atom. The lowest BCUT2D eigenvalue weighted by Gasteiger charge is -2.20. The number of nitrogens with zero attached hydrogens (tertiary/aromatic N) is 2. The Hall–Kier alpha value is -0.610. The molecule has 16 heavy (non-hydrogen) atoms. The highest BCUT2D eigenvalue weighted by molar-refractivity contribution is 7.99. The van der Waals surface area contributed by atoms with E-state index in [-0.39, 0.29) is 6.04 Å². The molecule has 0 saturated carbocycles. The molecule has 2 rings (SSSR count). The van der Waals surface area contributed by atoms with Crippen molar-refractivity contribution in [1.82, 2.24) is 9.97 Å². The van der Waals surface area contributed by atoms with E-state index in [9.17, 15) is 0 Å². The summed E-state index contributed by atoms with van der Waals surface area (Å²) >= 11 is 1.98. The lowest BCUT2D eigenvalue weighted by atomic mass is 10.1. The molecule has 1 unspecified atom stereocenters. The number of aromatic nitrogens is 2. The Bertz CT molecular complexity index is 359. The Kier molecular flexibility index (Phi) is 3.82. The van der Waals surface area contributed by atoms with Gasteiger partial charge >= 0.3 is 0 Å². The first-order valence-corrected chi connectivity index (χ1v) is 6.94. The monoisotopic (exact) mass is 237 g/mol. The van der Waals surface area contributed by atoms with Gasteiger partial charge < -0.3 is 5.73 Å². The summed E-state index contributed by atoms with van der Waals surface area (Å²) in [4.78, 5) is 9.08. The summed E-state index contributed by atoms with van der Waals surface area (Å²) in [7, 11) is 0. The largest absolute Gasteiger partial charge is 0.324 e. The molecule has 0 spiro atoms. The SMILES string of the molecule is Cc1nc(C2CCCCS2)ncc1[C@H](C)N. The van der Waals surface area contributed by atoms with Crippen molar-refractivity contribution in [1.29, 1.82) is 0 Å². The molecule has 0 amide bonds. The minimum Gasteiger partial charge on any atom is -0.324 e. The molecule has 0 bridgehead atoms. The summed E-state index contributed by atoms with van der Waals surface area (Å²) in [6.07, 6.45) is 5.74. The van der Waals surface area contributed by atoms with Crippen molar-refractivity contribution >= 4 is 11.8 Å². The van der Waals surface area contributed by atoms with Crippen molar-refractivity contribution in [2.45, 2.75) is 44.4 Å². The van der Waals surface area contributed by atoms with Crippen LogP contribution in [-0.4, -0.2) is 15.7 Å². The topological polar surface area (TPSA) is 51.8 Å². The van der Waals surface area contributed by atoms with Gasteiger partial charge in [-0.2, -0.15) is 11.8 Å². The van der Waals surface area contributed by atoms with Crippen LogP contribution in [0.3, 0.4) is 0 Å². The third kappa shape index (κ3) is 2.55. The summed E-state index contributed by atoms with van der Waals surface area (Å²) in [5.74, 6) is 2.23. The van der Waals surface area contributed by atoms with Gasteiger partial charge in [-0.1, -0.05) is 6.42 Å². The molecular formula is C12H19N3S. The molecule has 1 aliphatic rings. The van der Waals surface area contributed by atoms with Crippen LogP contribution >= 0.6 is 11.8 Å². The highest BCUT2D eigenvalue weighted by Gasteiger charge is 2.19. The first-order chi connectivity index (χ1) is 7.68. The molecule has 2 heterocycles. The van der Waals surface area contributed by atoms with Crippen LogP contribution in [0.4, 0.5) is 0 Å². The van der Waals surface area contributed by atoms with Crippen LogP contribution in [0.25, 0.3) is 0 Å². The average molecular weight is 237 g/mol. The molecule has 0 aliphatic carbocycles. The minimum atomic E-state index is 0.0214. The number of hydrogen-bond donors (Lipinski definition) is 1. The van der Waals surface area contributed by atoms with Crippen molar-refractivity contribution in [3.63, 3.8) is 0 Å². The van der Waals surface area contributed by atoms with E-state index in [2.05, 4.69) is 9.97 Å². The van der Waals surface area contributed by atoms with Crippen molar-refractivity contribution in [2.75, 3.05) is 5.75 Å². The number of thioether (sulfide) groups is 1. The van der Waals surface area contributed by atoms with E-state index < -0.39 is 0 Å². The maximum Gasteiger partial charge on any atom is 0.141 e. The van der Waals surface area contributed by atoms with Crippen LogP contribution in [0.15, 0.2) is 6.20 Å². The van der Waals surface area contributed by atoms with E-state index in [4.69, 9.17) is 5.73 Å². The fourth-order valence-electron chi connectivity index (χ4n) is 2.04. The second-order valence-corrected chi connectivity index (χ2v) is 5.72. The summed E-state index contributed by atoms with van der Waals surface area (Å²) in [6.45, 7) is 4.00. The van der Waals surface area contributed by atoms with E-state index in [1.165, 1.54) is 25.0 Å². The van der Waals surface area contributed by atoms with Crippen LogP contribution in [-0.2, 0) is 0 Å². The van der Waals surface area contributed by atoms with Gasteiger partial charge in [0.2, 0.25) is 0 Å². The van der Waals surface area contributed by atoms with Crippen molar-refractivity contribution < 1.29 is 0 Å². The van der Waals surface area contributed by atoms with Gasteiger partial charge in [0.1, 0.15) is 5.82 Å². The third-order valence-electron chi connectivity index (χ3n) is 2.99. The predicted octanol–water partition coefficient (Wildman–Crippen LogP) is 2.76. The second kappa shape index (κ2) is 5.15. The predicted molar refractivity (Wildman–Crippen MR) is 68.4 cm³/mol. The van der Waals surface area contributed by atoms with E-state index in [1.54, 1.807) is 0 Å². The number of hydrogen-bond acceptors (Lipinski definition) is 4. The highest BCUT2D eigenvalue weighted by Crippen LogP contribution is 2.36. The fraction of sp³-hybridized carbons (Fsp3) is 0.667. The quantitative estimate of drug-likeness (QED) is 0.859. The van der Waals surface area contributed by atoms with Gasteiger partial charge in [0, 0.05) is 23.5 Å². The zero-order valence-corrected chi connectivity index (χ0v) is 10.8. The molecule has 0 radical (unpaired) electrons. The van der Waals surface area contributed by atoms with Crippen LogP contribution in [0.1, 0.15) is 54.6 Å². The van der Waals surface area contributed by atoms with Gasteiger partial charge in [-0.25, -0.2) is 9.97 Å². The van der Waals surface area contributed by atoms with E-state index >= 15 is 0 Å². The zero-order valence-electron chi connectivity index (χ0n) is 9.94. The lowest BCUT2D eigenvalue weighted by molar-refractivity contribution is 0.655. The molecule has 1 aromatic rings. The molecule has 2 atom stereocenters. The first kappa shape index (κ1) is 11.9. The average Bonchev–Trinajstić information content (AvgIpc) is 2.29. The Labute approximate surface area is 101 Å². The standard InChI is InChI=1S/C12H19N3S/c1-8(13)10-7-14-12(15-9(10)2)11-5-3-4-6-16-11/h7-8,11H,3-6,13H2,1-2H3/t8-,11?/m0/s1. The van der Waals surface area contributed by atoms with E-state index in [0.717, 1.165) is 17.1 Å². The van der Waals surface area contributed by atoms with Crippen molar-refractivity contribution in [2.24, 2.45) is 5.73 Å². The van der Waals surface area contributed by atoms with Gasteiger partial charge in [0.15, 0.2) is 0 Å². The summed E-state index contributed by atoms with van der Waals surface area (Å²) < 4.78 is 0. The molecule has 3 nitrogen and oxygen atoms in total. The summed E-state index contributed by atoms with van der Waals surface area (Å²) in [6, 6.07) is 0.0214. The highest BCUT2D eigenvalue weighted by atomic mass is 32.2. The van der Waals surface area contributed by atoms with Crippen molar-refractivity contribution in [3.05, 3.63) is 23.3 Å². The number of nitrogens with two attached hydrogens (primary N) is 1. The number of rotatable bonds is 2. The number of aryl methyl sites for hydroxylation is 1. The van der Waals surface area contributed by atoms with Gasteiger partial charge in [-0.05, 0) is 32.4 Å². The minimum absolute atomic E-state index is 0.0214. The molecule has 1 aliphatic heterocycles. The molecule has 2 N–H and O–H groups in total.